The first-order chi connectivity index (χ1) is 17.7. The van der Waals surface area contributed by atoms with Crippen LogP contribution in [-0.4, -0.2) is 90.2 Å². The minimum Gasteiger partial charge on any atom is -0.481 e. The lowest BCUT2D eigenvalue weighted by Gasteiger charge is -2.29. The van der Waals surface area contributed by atoms with Gasteiger partial charge in [-0.2, -0.15) is 4.31 Å². The molecule has 0 fully saturated rings. The Morgan fingerprint density at radius 1 is 1.03 bits per heavy atom. The predicted octanol–water partition coefficient (Wildman–Crippen LogP) is 1.36. The Morgan fingerprint density at radius 2 is 1.70 bits per heavy atom. The molecule has 1 aliphatic heterocycles. The van der Waals surface area contributed by atoms with Crippen LogP contribution in [0.3, 0.4) is 0 Å². The van der Waals surface area contributed by atoms with Gasteiger partial charge in [-0.05, 0) is 50.0 Å². The monoisotopic (exact) mass is 529 g/mol. The van der Waals surface area contributed by atoms with E-state index in [1.807, 2.05) is 0 Å². The second-order valence-corrected chi connectivity index (χ2v) is 10.4. The van der Waals surface area contributed by atoms with Crippen molar-refractivity contribution in [1.82, 2.24) is 9.21 Å². The summed E-state index contributed by atoms with van der Waals surface area (Å²) in [5.41, 5.74) is 1.15. The van der Waals surface area contributed by atoms with E-state index in [1.54, 1.807) is 50.4 Å². The van der Waals surface area contributed by atoms with Crippen LogP contribution in [0.25, 0.3) is 0 Å². The predicted molar refractivity (Wildman–Crippen MR) is 137 cm³/mol. The van der Waals surface area contributed by atoms with Gasteiger partial charge in [-0.3, -0.25) is 9.59 Å². The summed E-state index contributed by atoms with van der Waals surface area (Å²) in [6.07, 6.45) is 0. The number of sulfonamides is 1. The summed E-state index contributed by atoms with van der Waals surface area (Å²) in [6, 6.07) is 11.6. The third kappa shape index (κ3) is 6.87. The van der Waals surface area contributed by atoms with Gasteiger partial charge in [0, 0.05) is 19.3 Å². The molecule has 0 radical (unpaired) electrons. The maximum atomic E-state index is 13.8. The first-order valence-electron chi connectivity index (χ1n) is 11.5. The largest absolute Gasteiger partial charge is 0.481 e. The number of rotatable bonds is 8. The van der Waals surface area contributed by atoms with Crippen LogP contribution in [0.15, 0.2) is 53.4 Å². The molecule has 1 aliphatic rings. The topological polar surface area (TPSA) is 106 Å². The maximum Gasteiger partial charge on any atom is 0.326 e. The van der Waals surface area contributed by atoms with E-state index in [2.05, 4.69) is 11.8 Å². The molecule has 0 aliphatic carbocycles. The molecule has 1 amide bonds. The molecule has 1 unspecified atom stereocenters. The van der Waals surface area contributed by atoms with Crippen LogP contribution < -0.4 is 9.64 Å². The van der Waals surface area contributed by atoms with Gasteiger partial charge in [-0.25, -0.2) is 8.42 Å². The maximum absolute atomic E-state index is 13.8. The molecule has 10 nitrogen and oxygen atoms in total. The minimum absolute atomic E-state index is 0.0234. The Labute approximate surface area is 217 Å². The van der Waals surface area contributed by atoms with E-state index in [9.17, 15) is 18.0 Å². The molecule has 37 heavy (non-hydrogen) atoms. The van der Waals surface area contributed by atoms with Gasteiger partial charge >= 0.3 is 5.97 Å². The van der Waals surface area contributed by atoms with Crippen molar-refractivity contribution in [2.45, 2.75) is 17.5 Å². The minimum atomic E-state index is -4.17. The second-order valence-electron chi connectivity index (χ2n) is 8.51. The average Bonchev–Trinajstić information content (AvgIpc) is 3.06. The molecule has 0 aromatic heterocycles. The SMILES string of the molecule is COCC#CCOc1ccc(S(=O)(=O)N2Cc3ccccc3N(C(=O)CN(C)C)CC2C(=O)OC)cc1. The Bertz CT molecular complexity index is 1270. The van der Waals surface area contributed by atoms with Crippen molar-refractivity contribution < 1.29 is 32.2 Å². The number of fused-ring (bicyclic) bond motifs is 1. The highest BCUT2D eigenvalue weighted by atomic mass is 32.2. The number of amides is 1. The van der Waals surface area contributed by atoms with Gasteiger partial charge in [0.25, 0.3) is 0 Å². The molecule has 2 aromatic rings. The zero-order valence-corrected chi connectivity index (χ0v) is 22.2. The van der Waals surface area contributed by atoms with Crippen molar-refractivity contribution >= 4 is 27.6 Å². The summed E-state index contributed by atoms with van der Waals surface area (Å²) in [5.74, 6) is 4.98. The zero-order chi connectivity index (χ0) is 27.0. The highest BCUT2D eigenvalue weighted by Crippen LogP contribution is 2.32. The summed E-state index contributed by atoms with van der Waals surface area (Å²) in [7, 11) is 2.09. The molecule has 0 N–H and O–H groups in total. The highest BCUT2D eigenvalue weighted by Gasteiger charge is 2.42. The number of carbonyl (C=O) groups excluding carboxylic acids is 2. The number of likely N-dealkylation sites (N-methyl/N-ethyl adjacent to an activating group) is 1. The summed E-state index contributed by atoms with van der Waals surface area (Å²) in [4.78, 5) is 29.1. The Balaban J connectivity index is 1.96. The fraction of sp³-hybridized carbons (Fsp3) is 0.385. The lowest BCUT2D eigenvalue weighted by atomic mass is 10.1. The van der Waals surface area contributed by atoms with Crippen LogP contribution in [0, 0.1) is 11.8 Å². The van der Waals surface area contributed by atoms with Crippen molar-refractivity contribution in [3.05, 3.63) is 54.1 Å². The number of nitrogens with zero attached hydrogens (tertiary/aromatic N) is 3. The lowest BCUT2D eigenvalue weighted by molar-refractivity contribution is -0.145. The van der Waals surface area contributed by atoms with Crippen molar-refractivity contribution in [3.63, 3.8) is 0 Å². The second kappa shape index (κ2) is 12.7. The molecule has 0 bridgehead atoms. The number of benzene rings is 2. The number of hydrogen-bond acceptors (Lipinski definition) is 8. The summed E-state index contributed by atoms with van der Waals surface area (Å²) in [5, 5.41) is 0. The molecular weight excluding hydrogens is 498 g/mol. The van der Waals surface area contributed by atoms with Crippen molar-refractivity contribution in [2.75, 3.05) is 59.5 Å². The first kappa shape index (κ1) is 28.1. The smallest absolute Gasteiger partial charge is 0.326 e. The van der Waals surface area contributed by atoms with Gasteiger partial charge in [0.05, 0.1) is 25.1 Å². The Hall–Kier alpha value is -3.43. The summed E-state index contributed by atoms with van der Waals surface area (Å²) >= 11 is 0. The van der Waals surface area contributed by atoms with Crippen LogP contribution in [0.5, 0.6) is 5.75 Å². The van der Waals surface area contributed by atoms with E-state index in [4.69, 9.17) is 14.2 Å². The van der Waals surface area contributed by atoms with Crippen LogP contribution in [-0.2, 0) is 35.6 Å². The molecule has 2 aromatic carbocycles. The molecular formula is C26H31N3O7S. The van der Waals surface area contributed by atoms with Crippen LogP contribution in [0.1, 0.15) is 5.56 Å². The molecule has 0 saturated carbocycles. The van der Waals surface area contributed by atoms with E-state index in [1.165, 1.54) is 36.3 Å². The fourth-order valence-corrected chi connectivity index (χ4v) is 5.41. The molecule has 198 valence electrons. The Morgan fingerprint density at radius 3 is 2.35 bits per heavy atom. The molecule has 0 saturated heterocycles. The van der Waals surface area contributed by atoms with Gasteiger partial charge in [0.2, 0.25) is 15.9 Å². The van der Waals surface area contributed by atoms with E-state index in [0.29, 0.717) is 23.6 Å². The molecule has 1 atom stereocenters. The lowest BCUT2D eigenvalue weighted by Crippen LogP contribution is -2.51. The van der Waals surface area contributed by atoms with E-state index < -0.39 is 22.0 Å². The van der Waals surface area contributed by atoms with E-state index in [-0.39, 0.29) is 37.0 Å². The van der Waals surface area contributed by atoms with E-state index in [0.717, 1.165) is 4.31 Å². The van der Waals surface area contributed by atoms with Crippen molar-refractivity contribution in [1.29, 1.82) is 0 Å². The first-order valence-corrected chi connectivity index (χ1v) is 12.9. The van der Waals surface area contributed by atoms with Crippen LogP contribution >= 0.6 is 0 Å². The van der Waals surface area contributed by atoms with Gasteiger partial charge in [0.15, 0.2) is 0 Å². The number of ether oxygens (including phenoxy) is 3. The van der Waals surface area contributed by atoms with Gasteiger partial charge in [-0.1, -0.05) is 30.0 Å². The van der Waals surface area contributed by atoms with Crippen LogP contribution in [0.2, 0.25) is 0 Å². The number of hydrogen-bond donors (Lipinski definition) is 0. The van der Waals surface area contributed by atoms with Crippen LogP contribution in [0.4, 0.5) is 5.69 Å². The average molecular weight is 530 g/mol. The molecule has 0 spiro atoms. The van der Waals surface area contributed by atoms with E-state index >= 15 is 0 Å². The summed E-state index contributed by atoms with van der Waals surface area (Å²) in [6.45, 7) is 0.208. The standard InChI is InChI=1S/C26H31N3O7S/c1-27(2)19-25(30)28-18-24(26(31)35-4)29(17-20-9-5-6-10-23(20)28)37(32,33)22-13-11-21(12-14-22)36-16-8-7-15-34-3/h5-6,9-14,24H,15-19H2,1-4H3. The fourth-order valence-electron chi connectivity index (χ4n) is 3.86. The number of esters is 1. The van der Waals surface area contributed by atoms with Crippen molar-refractivity contribution in [2.24, 2.45) is 0 Å². The molecule has 11 heteroatoms. The summed E-state index contributed by atoms with van der Waals surface area (Å²) < 4.78 is 44.0. The highest BCUT2D eigenvalue weighted by molar-refractivity contribution is 7.89. The zero-order valence-electron chi connectivity index (χ0n) is 21.3. The molecule has 3 rings (SSSR count). The third-order valence-electron chi connectivity index (χ3n) is 5.62. The normalized spacial score (nSPS) is 15.8. The Kier molecular flexibility index (Phi) is 9.66. The van der Waals surface area contributed by atoms with Gasteiger partial charge in [-0.15, -0.1) is 0 Å². The number of para-hydroxylation sites is 1. The molecule has 1 heterocycles. The quantitative estimate of drug-likeness (QED) is 0.373. The van der Waals surface area contributed by atoms with Crippen molar-refractivity contribution in [3.8, 4) is 17.6 Å². The number of methoxy groups -OCH3 is 2. The third-order valence-corrected chi connectivity index (χ3v) is 7.49. The van der Waals surface area contributed by atoms with Gasteiger partial charge < -0.3 is 24.0 Å². The number of carbonyl (C=O) groups is 2. The van der Waals surface area contributed by atoms with Gasteiger partial charge in [0.1, 0.15) is 25.0 Å². The number of anilines is 1.